The van der Waals surface area contributed by atoms with Gasteiger partial charge in [-0.05, 0) is 67.8 Å². The summed E-state index contributed by atoms with van der Waals surface area (Å²) in [5.41, 5.74) is 2.58. The molecule has 2 aromatic carbocycles. The Morgan fingerprint density at radius 1 is 1.22 bits per heavy atom. The number of nitrogens with one attached hydrogen (secondary N) is 1. The predicted molar refractivity (Wildman–Crippen MR) is 127 cm³/mol. The van der Waals surface area contributed by atoms with Gasteiger partial charge in [0.25, 0.3) is 5.56 Å². The zero-order valence-electron chi connectivity index (χ0n) is 20.0. The van der Waals surface area contributed by atoms with E-state index in [1.807, 2.05) is 26.0 Å². The van der Waals surface area contributed by atoms with E-state index in [-0.39, 0.29) is 17.4 Å². The molecule has 37 heavy (non-hydrogen) atoms. The minimum absolute atomic E-state index is 0.220. The molecule has 1 saturated heterocycles. The van der Waals surface area contributed by atoms with E-state index in [4.69, 9.17) is 0 Å². The summed E-state index contributed by atoms with van der Waals surface area (Å²) in [5, 5.41) is 11.8. The summed E-state index contributed by atoms with van der Waals surface area (Å²) in [6.45, 7) is 5.57. The largest absolute Gasteiger partial charge is 0.573 e. The molecule has 4 rings (SSSR count). The van der Waals surface area contributed by atoms with Gasteiger partial charge in [-0.15, -0.1) is 13.2 Å². The minimum atomic E-state index is -4.96. The van der Waals surface area contributed by atoms with Gasteiger partial charge in [-0.2, -0.15) is 0 Å². The number of carboxylic acid groups (broad SMARTS) is 1. The molecule has 8 nitrogen and oxygen atoms in total. The van der Waals surface area contributed by atoms with Crippen LogP contribution in [-0.2, 0) is 11.3 Å². The van der Waals surface area contributed by atoms with Crippen LogP contribution < -0.4 is 15.6 Å². The lowest BCUT2D eigenvalue weighted by Gasteiger charge is -2.20. The normalized spacial score (nSPS) is 16.1. The SMILES string of the molecule is Cc1cc(-n2ccnc(Nc3ccc(OC(F)(F)F)cc3F)c2=O)cc(C)c1CN1CC[C@H](C(=O)O)C1. The third kappa shape index (κ3) is 6.08. The number of nitrogens with zero attached hydrogens (tertiary/aromatic N) is 3. The number of ether oxygens (including phenoxy) is 1. The van der Waals surface area contributed by atoms with Crippen molar-refractivity contribution >= 4 is 17.5 Å². The maximum atomic E-state index is 14.4. The van der Waals surface area contributed by atoms with Crippen molar-refractivity contribution in [3.63, 3.8) is 0 Å². The molecular weight excluding hydrogens is 496 g/mol. The maximum Gasteiger partial charge on any atom is 0.573 e. The number of anilines is 2. The zero-order chi connectivity index (χ0) is 26.9. The van der Waals surface area contributed by atoms with Gasteiger partial charge in [0.2, 0.25) is 0 Å². The van der Waals surface area contributed by atoms with Crippen LogP contribution in [0.4, 0.5) is 29.1 Å². The average molecular weight is 520 g/mol. The van der Waals surface area contributed by atoms with Gasteiger partial charge in [0.05, 0.1) is 11.6 Å². The van der Waals surface area contributed by atoms with Crippen LogP contribution >= 0.6 is 0 Å². The fourth-order valence-corrected chi connectivity index (χ4v) is 4.38. The molecule has 0 amide bonds. The number of hydrogen-bond acceptors (Lipinski definition) is 6. The molecule has 0 radical (unpaired) electrons. The first-order chi connectivity index (χ1) is 17.4. The Labute approximate surface area is 209 Å². The highest BCUT2D eigenvalue weighted by Gasteiger charge is 2.31. The first-order valence-corrected chi connectivity index (χ1v) is 11.4. The van der Waals surface area contributed by atoms with Crippen LogP contribution in [0.25, 0.3) is 5.69 Å². The molecule has 2 N–H and O–H groups in total. The Morgan fingerprint density at radius 2 is 1.92 bits per heavy atom. The second kappa shape index (κ2) is 10.2. The molecule has 0 unspecified atom stereocenters. The Balaban J connectivity index is 1.56. The van der Waals surface area contributed by atoms with E-state index in [2.05, 4.69) is 19.9 Å². The topological polar surface area (TPSA) is 96.7 Å². The second-order valence-electron chi connectivity index (χ2n) is 8.88. The predicted octanol–water partition coefficient (Wildman–Crippen LogP) is 4.54. The number of rotatable bonds is 7. The van der Waals surface area contributed by atoms with Gasteiger partial charge in [-0.3, -0.25) is 19.1 Å². The third-order valence-corrected chi connectivity index (χ3v) is 6.23. The van der Waals surface area contributed by atoms with Crippen LogP contribution in [0.2, 0.25) is 0 Å². The lowest BCUT2D eigenvalue weighted by Crippen LogP contribution is -2.24. The number of carboxylic acids is 1. The van der Waals surface area contributed by atoms with Crippen LogP contribution in [0.3, 0.4) is 0 Å². The number of halogens is 4. The van der Waals surface area contributed by atoms with E-state index in [1.54, 1.807) is 0 Å². The van der Waals surface area contributed by atoms with Crippen molar-refractivity contribution in [3.8, 4) is 11.4 Å². The first kappa shape index (κ1) is 26.1. The molecule has 1 aliphatic rings. The number of aryl methyl sites for hydroxylation is 2. The summed E-state index contributed by atoms with van der Waals surface area (Å²) in [7, 11) is 0. The molecule has 0 spiro atoms. The molecule has 196 valence electrons. The van der Waals surface area contributed by atoms with Crippen molar-refractivity contribution in [3.05, 3.63) is 75.6 Å². The van der Waals surface area contributed by atoms with E-state index >= 15 is 0 Å². The van der Waals surface area contributed by atoms with E-state index in [0.29, 0.717) is 37.8 Å². The number of hydrogen-bond donors (Lipinski definition) is 2. The van der Waals surface area contributed by atoms with Gasteiger partial charge >= 0.3 is 12.3 Å². The highest BCUT2D eigenvalue weighted by Crippen LogP contribution is 2.28. The zero-order valence-corrected chi connectivity index (χ0v) is 20.0. The second-order valence-corrected chi connectivity index (χ2v) is 8.88. The molecule has 3 aromatic rings. The van der Waals surface area contributed by atoms with Crippen molar-refractivity contribution < 1.29 is 32.2 Å². The van der Waals surface area contributed by atoms with Crippen molar-refractivity contribution in [2.75, 3.05) is 18.4 Å². The Kier molecular flexibility index (Phi) is 7.21. The van der Waals surface area contributed by atoms with Crippen LogP contribution in [0.1, 0.15) is 23.1 Å². The lowest BCUT2D eigenvalue weighted by molar-refractivity contribution is -0.274. The Hall–Kier alpha value is -3.93. The van der Waals surface area contributed by atoms with Crippen molar-refractivity contribution in [2.45, 2.75) is 33.2 Å². The summed E-state index contributed by atoms with van der Waals surface area (Å²) >= 11 is 0. The highest BCUT2D eigenvalue weighted by atomic mass is 19.4. The summed E-state index contributed by atoms with van der Waals surface area (Å²) in [6.07, 6.45) is -1.56. The fourth-order valence-electron chi connectivity index (χ4n) is 4.38. The number of likely N-dealkylation sites (tertiary alicyclic amines) is 1. The third-order valence-electron chi connectivity index (χ3n) is 6.23. The van der Waals surface area contributed by atoms with E-state index in [0.717, 1.165) is 28.8 Å². The molecular formula is C25H24F4N4O4. The lowest BCUT2D eigenvalue weighted by atomic mass is 10.0. The van der Waals surface area contributed by atoms with Gasteiger partial charge in [-0.1, -0.05) is 0 Å². The van der Waals surface area contributed by atoms with Gasteiger partial charge in [0.15, 0.2) is 5.82 Å². The van der Waals surface area contributed by atoms with Crippen LogP contribution in [0, 0.1) is 25.6 Å². The minimum Gasteiger partial charge on any atom is -0.481 e. The average Bonchev–Trinajstić information content (AvgIpc) is 3.27. The van der Waals surface area contributed by atoms with Crippen LogP contribution in [-0.4, -0.2) is 45.0 Å². The van der Waals surface area contributed by atoms with Crippen molar-refractivity contribution in [2.24, 2.45) is 5.92 Å². The van der Waals surface area contributed by atoms with Crippen LogP contribution in [0.5, 0.6) is 5.75 Å². The standard InChI is InChI=1S/C25H24F4N4O4/c1-14-9-17(10-15(2)19(14)13-32-7-5-16(12-32)24(35)36)33-8-6-30-22(23(33)34)31-21-4-3-18(11-20(21)26)37-25(27,28)29/h3-4,6,8-11,16H,5,7,12-13H2,1-2H3,(H,30,31)(H,35,36)/t16-/m0/s1. The molecule has 0 aliphatic carbocycles. The van der Waals surface area contributed by atoms with E-state index < -0.39 is 29.5 Å². The monoisotopic (exact) mass is 520 g/mol. The molecule has 1 aromatic heterocycles. The summed E-state index contributed by atoms with van der Waals surface area (Å²) < 4.78 is 56.5. The Morgan fingerprint density at radius 3 is 2.51 bits per heavy atom. The molecule has 12 heteroatoms. The number of alkyl halides is 3. The smallest absolute Gasteiger partial charge is 0.481 e. The number of aromatic nitrogens is 2. The summed E-state index contributed by atoms with van der Waals surface area (Å²) in [4.78, 5) is 30.4. The molecule has 1 aliphatic heterocycles. The van der Waals surface area contributed by atoms with Crippen molar-refractivity contribution in [1.29, 1.82) is 0 Å². The van der Waals surface area contributed by atoms with Crippen LogP contribution in [0.15, 0.2) is 47.5 Å². The number of benzene rings is 2. The Bertz CT molecular complexity index is 1370. The van der Waals surface area contributed by atoms with Gasteiger partial charge in [-0.25, -0.2) is 9.37 Å². The molecule has 1 atom stereocenters. The molecule has 2 heterocycles. The molecule has 0 saturated carbocycles. The first-order valence-electron chi connectivity index (χ1n) is 11.4. The quantitative estimate of drug-likeness (QED) is 0.442. The van der Waals surface area contributed by atoms with E-state index in [1.165, 1.54) is 17.0 Å². The van der Waals surface area contributed by atoms with Gasteiger partial charge < -0.3 is 15.2 Å². The summed E-state index contributed by atoms with van der Waals surface area (Å²) in [5.74, 6) is -3.17. The van der Waals surface area contributed by atoms with Gasteiger partial charge in [0, 0.05) is 37.2 Å². The highest BCUT2D eigenvalue weighted by molar-refractivity contribution is 5.70. The summed E-state index contributed by atoms with van der Waals surface area (Å²) in [6, 6.07) is 6.14. The number of aliphatic carboxylic acids is 1. The van der Waals surface area contributed by atoms with Gasteiger partial charge in [0.1, 0.15) is 11.6 Å². The van der Waals surface area contributed by atoms with Crippen molar-refractivity contribution in [1.82, 2.24) is 14.5 Å². The molecule has 0 bridgehead atoms. The fraction of sp³-hybridized carbons (Fsp3) is 0.320. The number of carbonyl (C=O) groups is 1. The maximum absolute atomic E-state index is 14.4. The molecule has 1 fully saturated rings. The van der Waals surface area contributed by atoms with E-state index in [9.17, 15) is 32.3 Å².